The summed E-state index contributed by atoms with van der Waals surface area (Å²) in [5.41, 5.74) is 11.1. The molecule has 5 heterocycles. The number of rotatable bonds is 4. The molecule has 0 atom stereocenters. The molecule has 0 saturated carbocycles. The zero-order valence-electron chi connectivity index (χ0n) is 27.2. The second kappa shape index (κ2) is 11.1. The summed E-state index contributed by atoms with van der Waals surface area (Å²) in [5.74, 6) is 0.740. The van der Waals surface area contributed by atoms with Crippen molar-refractivity contribution >= 4 is 77.5 Å². The number of benzene rings is 6. The Morgan fingerprint density at radius 2 is 0.941 bits per heavy atom. The zero-order valence-corrected chi connectivity index (χ0v) is 28.9. The molecule has 0 amide bonds. The topological polar surface area (TPSA) is 48.5 Å². The summed E-state index contributed by atoms with van der Waals surface area (Å²) in [6, 6.07) is 53.9. The Morgan fingerprint density at radius 3 is 1.59 bits per heavy atom. The van der Waals surface area contributed by atoms with Gasteiger partial charge in [0.2, 0.25) is 0 Å². The molecule has 0 unspecified atom stereocenters. The molecule has 6 aromatic carbocycles. The van der Waals surface area contributed by atoms with E-state index in [1.807, 2.05) is 12.4 Å². The number of para-hydroxylation sites is 4. The van der Waals surface area contributed by atoms with Gasteiger partial charge in [0.25, 0.3) is 0 Å². The van der Waals surface area contributed by atoms with Crippen molar-refractivity contribution in [3.8, 4) is 34.0 Å². The summed E-state index contributed by atoms with van der Waals surface area (Å²) < 4.78 is 7.12. The normalized spacial score (nSPS) is 11.9. The van der Waals surface area contributed by atoms with Crippen LogP contribution in [-0.4, -0.2) is 38.6 Å². The maximum absolute atomic E-state index is 5.25. The summed E-state index contributed by atoms with van der Waals surface area (Å²) in [6.07, 6.45) is 4.08. The standard InChI is InChI=1S/C45H27N5Se/c1-3-11-30(12-4-1)49-38-17-9-7-15-32(38)34-23-28(19-21-40(34)49)37-25-36-42(26-46-37)51-43-27-47-45(48-44(36)43)29-20-22-41-35(24-29)33-16-8-10-18-39(33)50(41)31-13-5-2-6-14-31/h1-27H. The monoisotopic (exact) mass is 717 g/mol. The van der Waals surface area contributed by atoms with Gasteiger partial charge in [-0.1, -0.05) is 12.1 Å². The zero-order chi connectivity index (χ0) is 33.5. The Balaban J connectivity index is 1.04. The van der Waals surface area contributed by atoms with Gasteiger partial charge in [-0.2, -0.15) is 0 Å². The van der Waals surface area contributed by atoms with Crippen LogP contribution < -0.4 is 0 Å². The molecule has 0 radical (unpaired) electrons. The van der Waals surface area contributed by atoms with Gasteiger partial charge in [-0.05, 0) is 0 Å². The molecule has 238 valence electrons. The van der Waals surface area contributed by atoms with Crippen LogP contribution >= 0.6 is 0 Å². The Bertz CT molecular complexity index is 2920. The molecule has 11 aromatic rings. The number of nitrogens with zero attached hydrogens (tertiary/aromatic N) is 5. The summed E-state index contributed by atoms with van der Waals surface area (Å²) in [5, 5.41) is 6.01. The van der Waals surface area contributed by atoms with Crippen LogP contribution in [0.2, 0.25) is 0 Å². The molecule has 0 saturated heterocycles. The quantitative estimate of drug-likeness (QED) is 0.170. The van der Waals surface area contributed by atoms with Crippen molar-refractivity contribution < 1.29 is 0 Å². The van der Waals surface area contributed by atoms with E-state index in [0.29, 0.717) is 0 Å². The van der Waals surface area contributed by atoms with E-state index in [9.17, 15) is 0 Å². The predicted molar refractivity (Wildman–Crippen MR) is 211 cm³/mol. The van der Waals surface area contributed by atoms with Crippen molar-refractivity contribution in [3.05, 3.63) is 164 Å². The SMILES string of the molecule is c1ccc(-n2c3ccccc3c3cc(-c4cc5c(cn4)[se]c4cnc(-c6ccc7c(c6)c6ccccc6n7-c6ccccc6)nc45)ccc32)cc1. The Hall–Kier alpha value is -6.33. The second-order valence-corrected chi connectivity index (χ2v) is 15.2. The number of hydrogen-bond acceptors (Lipinski definition) is 3. The van der Waals surface area contributed by atoms with E-state index in [0.717, 1.165) is 44.9 Å². The molecule has 0 spiro atoms. The third-order valence-electron chi connectivity index (χ3n) is 10.0. The average molecular weight is 717 g/mol. The van der Waals surface area contributed by atoms with E-state index >= 15 is 0 Å². The van der Waals surface area contributed by atoms with Crippen LogP contribution in [0.1, 0.15) is 0 Å². The molecule has 0 fully saturated rings. The van der Waals surface area contributed by atoms with E-state index in [2.05, 4.69) is 161 Å². The number of fused-ring (bicyclic) bond motifs is 9. The third kappa shape index (κ3) is 4.37. The van der Waals surface area contributed by atoms with Crippen LogP contribution in [0.4, 0.5) is 0 Å². The minimum absolute atomic E-state index is 0.106. The van der Waals surface area contributed by atoms with Gasteiger partial charge in [0.1, 0.15) is 0 Å². The summed E-state index contributed by atoms with van der Waals surface area (Å²) in [4.78, 5) is 15.1. The number of aromatic nitrogens is 5. The van der Waals surface area contributed by atoms with Gasteiger partial charge in [0.05, 0.1) is 0 Å². The average Bonchev–Trinajstić information content (AvgIpc) is 3.85. The first-order valence-corrected chi connectivity index (χ1v) is 18.7. The van der Waals surface area contributed by atoms with Gasteiger partial charge in [-0.25, -0.2) is 0 Å². The Kier molecular flexibility index (Phi) is 6.20. The fourth-order valence-corrected chi connectivity index (χ4v) is 9.74. The van der Waals surface area contributed by atoms with Crippen molar-refractivity contribution in [2.75, 3.05) is 0 Å². The van der Waals surface area contributed by atoms with Crippen LogP contribution in [0.15, 0.2) is 164 Å². The fraction of sp³-hybridized carbons (Fsp3) is 0. The molecule has 0 aliphatic rings. The first kappa shape index (κ1) is 28.5. The molecule has 5 aromatic heterocycles. The van der Waals surface area contributed by atoms with Crippen LogP contribution in [0.3, 0.4) is 0 Å². The molecule has 0 bridgehead atoms. The van der Waals surface area contributed by atoms with Crippen LogP contribution in [0.25, 0.3) is 97.1 Å². The third-order valence-corrected chi connectivity index (χ3v) is 12.3. The van der Waals surface area contributed by atoms with Crippen molar-refractivity contribution in [3.63, 3.8) is 0 Å². The van der Waals surface area contributed by atoms with E-state index in [4.69, 9.17) is 15.0 Å². The first-order chi connectivity index (χ1) is 25.3. The molecule has 0 aliphatic carbocycles. The molecule has 51 heavy (non-hydrogen) atoms. The van der Waals surface area contributed by atoms with Crippen molar-refractivity contribution in [2.24, 2.45) is 0 Å². The van der Waals surface area contributed by atoms with Gasteiger partial charge < -0.3 is 0 Å². The van der Waals surface area contributed by atoms with Crippen LogP contribution in [-0.2, 0) is 0 Å². The summed E-state index contributed by atoms with van der Waals surface area (Å²) in [6.45, 7) is 0. The molecule has 0 aliphatic heterocycles. The number of pyridine rings is 1. The van der Waals surface area contributed by atoms with Crippen molar-refractivity contribution in [1.29, 1.82) is 0 Å². The Labute approximate surface area is 298 Å². The van der Waals surface area contributed by atoms with Gasteiger partial charge in [0, 0.05) is 0 Å². The summed E-state index contributed by atoms with van der Waals surface area (Å²) >= 11 is 0.106. The molecule has 0 N–H and O–H groups in total. The first-order valence-electron chi connectivity index (χ1n) is 17.0. The molecular formula is C45H27N5Se. The van der Waals surface area contributed by atoms with E-state index < -0.39 is 0 Å². The van der Waals surface area contributed by atoms with Crippen molar-refractivity contribution in [1.82, 2.24) is 24.1 Å². The molecule has 11 rings (SSSR count). The van der Waals surface area contributed by atoms with Gasteiger partial charge >= 0.3 is 288 Å². The van der Waals surface area contributed by atoms with Crippen molar-refractivity contribution in [2.45, 2.75) is 0 Å². The van der Waals surface area contributed by atoms with Crippen LogP contribution in [0.5, 0.6) is 0 Å². The minimum atomic E-state index is 0.106. The second-order valence-electron chi connectivity index (χ2n) is 12.9. The maximum atomic E-state index is 5.25. The fourth-order valence-electron chi connectivity index (χ4n) is 7.72. The van der Waals surface area contributed by atoms with E-state index in [1.54, 1.807) is 0 Å². The molecule has 6 heteroatoms. The van der Waals surface area contributed by atoms with Gasteiger partial charge in [-0.15, -0.1) is 0 Å². The summed E-state index contributed by atoms with van der Waals surface area (Å²) in [7, 11) is 0. The Morgan fingerprint density at radius 1 is 0.412 bits per heavy atom. The number of hydrogen-bond donors (Lipinski definition) is 0. The van der Waals surface area contributed by atoms with Gasteiger partial charge in [0.15, 0.2) is 0 Å². The van der Waals surface area contributed by atoms with E-state index in [1.165, 1.54) is 52.1 Å². The molecule has 5 nitrogen and oxygen atoms in total. The molecular weight excluding hydrogens is 689 g/mol. The van der Waals surface area contributed by atoms with E-state index in [-0.39, 0.29) is 14.5 Å². The van der Waals surface area contributed by atoms with Gasteiger partial charge in [-0.3, -0.25) is 0 Å². The van der Waals surface area contributed by atoms with Crippen LogP contribution in [0, 0.1) is 0 Å². The predicted octanol–water partition coefficient (Wildman–Crippen LogP) is 10.8.